The lowest BCUT2D eigenvalue weighted by Gasteiger charge is -1.98. The third-order valence-electron chi connectivity index (χ3n) is 1.93. The van der Waals surface area contributed by atoms with E-state index in [1.54, 1.807) is 6.07 Å². The van der Waals surface area contributed by atoms with Gasteiger partial charge in [-0.25, -0.2) is 9.78 Å². The van der Waals surface area contributed by atoms with Crippen LogP contribution in [0, 0.1) is 13.8 Å². The molecule has 6 heteroatoms. The zero-order valence-corrected chi connectivity index (χ0v) is 8.76. The van der Waals surface area contributed by atoms with Gasteiger partial charge in [0, 0.05) is 5.69 Å². The van der Waals surface area contributed by atoms with E-state index in [-0.39, 0.29) is 11.7 Å². The van der Waals surface area contributed by atoms with Gasteiger partial charge >= 0.3 is 5.97 Å². The molecule has 2 aromatic rings. The Labute approximate surface area is 90.9 Å². The van der Waals surface area contributed by atoms with E-state index in [0.29, 0.717) is 5.69 Å². The van der Waals surface area contributed by atoms with Crippen LogP contribution in [0.2, 0.25) is 0 Å². The van der Waals surface area contributed by atoms with Gasteiger partial charge in [0.1, 0.15) is 5.69 Å². The van der Waals surface area contributed by atoms with Crippen LogP contribution in [0.15, 0.2) is 16.7 Å². The smallest absolute Gasteiger partial charge is 0.377 e. The van der Waals surface area contributed by atoms with Crippen LogP contribution in [0.3, 0.4) is 0 Å². The van der Waals surface area contributed by atoms with Crippen LogP contribution in [-0.2, 0) is 0 Å². The van der Waals surface area contributed by atoms with E-state index in [0.717, 1.165) is 11.3 Å². The maximum absolute atomic E-state index is 10.6. The molecule has 0 aromatic carbocycles. The number of hydrogen-bond acceptors (Lipinski definition) is 5. The molecule has 82 valence electrons. The first-order valence-corrected chi connectivity index (χ1v) is 4.59. The van der Waals surface area contributed by atoms with Crippen LogP contribution >= 0.6 is 0 Å². The molecule has 0 radical (unpaired) electrons. The molecule has 0 aliphatic carbocycles. The zero-order valence-electron chi connectivity index (χ0n) is 8.76. The first kappa shape index (κ1) is 10.3. The number of pyridine rings is 1. The molecule has 0 saturated heterocycles. The lowest BCUT2D eigenvalue weighted by molar-refractivity contribution is 0.0680. The fraction of sp³-hybridized carbons (Fsp3) is 0.200. The minimum absolute atomic E-state index is 0.115. The highest BCUT2D eigenvalue weighted by atomic mass is 16.5. The Morgan fingerprint density at radius 1 is 1.31 bits per heavy atom. The molecule has 0 bridgehead atoms. The van der Waals surface area contributed by atoms with Crippen molar-refractivity contribution in [2.75, 3.05) is 0 Å². The number of aromatic nitrogens is 3. The van der Waals surface area contributed by atoms with Gasteiger partial charge in [0.05, 0.1) is 0 Å². The summed E-state index contributed by atoms with van der Waals surface area (Å²) in [4.78, 5) is 18.5. The molecule has 0 unspecified atom stereocenters. The average Bonchev–Trinajstić information content (AvgIpc) is 2.64. The second-order valence-electron chi connectivity index (χ2n) is 3.40. The fourth-order valence-corrected chi connectivity index (χ4v) is 1.37. The van der Waals surface area contributed by atoms with E-state index < -0.39 is 5.97 Å². The summed E-state index contributed by atoms with van der Waals surface area (Å²) in [6.45, 7) is 3.75. The quantitative estimate of drug-likeness (QED) is 0.822. The summed E-state index contributed by atoms with van der Waals surface area (Å²) in [5, 5.41) is 12.0. The standard InChI is InChI=1S/C10H9N3O3/c1-5-3-6(2)11-7(4-5)9-12-8(10(14)15)13-16-9/h3-4H,1-2H3,(H,14,15). The predicted molar refractivity (Wildman–Crippen MR) is 54.0 cm³/mol. The van der Waals surface area contributed by atoms with E-state index in [2.05, 4.69) is 15.1 Å². The van der Waals surface area contributed by atoms with Gasteiger partial charge in [0.25, 0.3) is 11.7 Å². The summed E-state index contributed by atoms with van der Waals surface area (Å²) in [7, 11) is 0. The molecular weight excluding hydrogens is 210 g/mol. The highest BCUT2D eigenvalue weighted by Crippen LogP contribution is 2.16. The lowest BCUT2D eigenvalue weighted by atomic mass is 10.2. The Kier molecular flexibility index (Phi) is 2.40. The first-order chi connectivity index (χ1) is 7.56. The van der Waals surface area contributed by atoms with Crippen molar-refractivity contribution in [2.24, 2.45) is 0 Å². The summed E-state index contributed by atoms with van der Waals surface area (Å²) in [5.74, 6) is -1.47. The molecule has 0 atom stereocenters. The molecule has 0 fully saturated rings. The van der Waals surface area contributed by atoms with Crippen LogP contribution < -0.4 is 0 Å². The van der Waals surface area contributed by atoms with Crippen molar-refractivity contribution >= 4 is 5.97 Å². The van der Waals surface area contributed by atoms with E-state index in [9.17, 15) is 4.79 Å². The normalized spacial score (nSPS) is 10.4. The van der Waals surface area contributed by atoms with Gasteiger partial charge < -0.3 is 9.63 Å². The molecule has 0 aliphatic rings. The SMILES string of the molecule is Cc1cc(C)nc(-c2nc(C(=O)O)no2)c1. The fourth-order valence-electron chi connectivity index (χ4n) is 1.37. The van der Waals surface area contributed by atoms with Gasteiger partial charge in [-0.05, 0) is 36.7 Å². The molecular formula is C10H9N3O3. The van der Waals surface area contributed by atoms with Crippen molar-refractivity contribution in [3.05, 3.63) is 29.2 Å². The van der Waals surface area contributed by atoms with E-state index >= 15 is 0 Å². The first-order valence-electron chi connectivity index (χ1n) is 4.59. The van der Waals surface area contributed by atoms with Gasteiger partial charge in [0.2, 0.25) is 0 Å². The number of hydrogen-bond donors (Lipinski definition) is 1. The highest BCUT2D eigenvalue weighted by molar-refractivity contribution is 5.83. The third-order valence-corrected chi connectivity index (χ3v) is 1.93. The Morgan fingerprint density at radius 2 is 2.06 bits per heavy atom. The van der Waals surface area contributed by atoms with Crippen molar-refractivity contribution in [3.8, 4) is 11.6 Å². The van der Waals surface area contributed by atoms with Crippen LogP contribution in [0.5, 0.6) is 0 Å². The molecule has 1 N–H and O–H groups in total. The number of nitrogens with zero attached hydrogens (tertiary/aromatic N) is 3. The van der Waals surface area contributed by atoms with Gasteiger partial charge in [0.15, 0.2) is 0 Å². The largest absolute Gasteiger partial charge is 0.475 e. The minimum Gasteiger partial charge on any atom is -0.475 e. The number of aromatic carboxylic acids is 1. The lowest BCUT2D eigenvalue weighted by Crippen LogP contribution is -1.98. The topological polar surface area (TPSA) is 89.1 Å². The third kappa shape index (κ3) is 1.90. The summed E-state index contributed by atoms with van der Waals surface area (Å²) < 4.78 is 4.82. The van der Waals surface area contributed by atoms with Gasteiger partial charge in [-0.1, -0.05) is 0 Å². The Balaban J connectivity index is 2.46. The number of carbonyl (C=O) groups is 1. The number of aryl methyl sites for hydroxylation is 2. The van der Waals surface area contributed by atoms with E-state index in [4.69, 9.17) is 9.63 Å². The molecule has 0 saturated carbocycles. The van der Waals surface area contributed by atoms with Gasteiger partial charge in [-0.2, -0.15) is 4.98 Å². The summed E-state index contributed by atoms with van der Waals surface area (Å²) in [6, 6.07) is 3.66. The predicted octanol–water partition coefficient (Wildman–Crippen LogP) is 1.45. The molecule has 0 amide bonds. The second kappa shape index (κ2) is 3.73. The van der Waals surface area contributed by atoms with Crippen molar-refractivity contribution in [3.63, 3.8) is 0 Å². The Morgan fingerprint density at radius 3 is 2.62 bits per heavy atom. The van der Waals surface area contributed by atoms with Crippen molar-refractivity contribution in [2.45, 2.75) is 13.8 Å². The number of rotatable bonds is 2. The Hall–Kier alpha value is -2.24. The van der Waals surface area contributed by atoms with Gasteiger partial charge in [-0.3, -0.25) is 0 Å². The molecule has 16 heavy (non-hydrogen) atoms. The maximum Gasteiger partial charge on any atom is 0.377 e. The summed E-state index contributed by atoms with van der Waals surface area (Å²) in [6.07, 6.45) is 0. The molecule has 2 heterocycles. The van der Waals surface area contributed by atoms with Crippen LogP contribution in [0.4, 0.5) is 0 Å². The molecule has 0 aliphatic heterocycles. The van der Waals surface area contributed by atoms with Crippen molar-refractivity contribution < 1.29 is 14.4 Å². The van der Waals surface area contributed by atoms with E-state index in [1.165, 1.54) is 0 Å². The van der Waals surface area contributed by atoms with Crippen LogP contribution in [0.25, 0.3) is 11.6 Å². The summed E-state index contributed by atoms with van der Waals surface area (Å²) >= 11 is 0. The zero-order chi connectivity index (χ0) is 11.7. The summed E-state index contributed by atoms with van der Waals surface area (Å²) in [5.41, 5.74) is 2.29. The second-order valence-corrected chi connectivity index (χ2v) is 3.40. The number of carboxylic acid groups (broad SMARTS) is 1. The molecule has 2 aromatic heterocycles. The number of carboxylic acids is 1. The van der Waals surface area contributed by atoms with E-state index in [1.807, 2.05) is 19.9 Å². The monoisotopic (exact) mass is 219 g/mol. The van der Waals surface area contributed by atoms with Crippen molar-refractivity contribution in [1.82, 2.24) is 15.1 Å². The molecule has 2 rings (SSSR count). The van der Waals surface area contributed by atoms with Gasteiger partial charge in [-0.15, -0.1) is 0 Å². The van der Waals surface area contributed by atoms with Crippen LogP contribution in [-0.4, -0.2) is 26.2 Å². The molecule has 0 spiro atoms. The highest BCUT2D eigenvalue weighted by Gasteiger charge is 2.15. The Bertz CT molecular complexity index is 528. The van der Waals surface area contributed by atoms with Crippen LogP contribution in [0.1, 0.15) is 21.9 Å². The van der Waals surface area contributed by atoms with Crippen molar-refractivity contribution in [1.29, 1.82) is 0 Å². The minimum atomic E-state index is -1.22. The average molecular weight is 219 g/mol. The maximum atomic E-state index is 10.6. The molecule has 6 nitrogen and oxygen atoms in total.